The number of aromatic nitrogens is 6. The van der Waals surface area contributed by atoms with Crippen LogP contribution >= 0.6 is 0 Å². The normalized spacial score (nSPS) is 15.8. The molecule has 0 bridgehead atoms. The van der Waals surface area contributed by atoms with Crippen molar-refractivity contribution in [3.63, 3.8) is 0 Å². The van der Waals surface area contributed by atoms with E-state index >= 15 is 0 Å². The Balaban J connectivity index is 1.17. The number of rotatable bonds is 5. The molecule has 0 aliphatic carbocycles. The second kappa shape index (κ2) is 8.93. The zero-order valence-corrected chi connectivity index (χ0v) is 20.4. The third kappa shape index (κ3) is 4.27. The zero-order valence-electron chi connectivity index (χ0n) is 20.4. The Kier molecular flexibility index (Phi) is 5.56. The van der Waals surface area contributed by atoms with E-state index in [1.54, 1.807) is 42.3 Å². The molecule has 0 amide bonds. The zero-order chi connectivity index (χ0) is 25.6. The first-order chi connectivity index (χ1) is 17.9. The Labute approximate surface area is 212 Å². The van der Waals surface area contributed by atoms with Crippen LogP contribution in [0.5, 0.6) is 0 Å². The van der Waals surface area contributed by atoms with Crippen molar-refractivity contribution in [2.24, 2.45) is 0 Å². The van der Waals surface area contributed by atoms with Gasteiger partial charge in [-0.2, -0.15) is 5.10 Å². The minimum Gasteiger partial charge on any atom is -0.381 e. The highest BCUT2D eigenvalue weighted by atomic mass is 19.1. The summed E-state index contributed by atoms with van der Waals surface area (Å²) in [5.74, 6) is 1.79. The molecule has 6 rings (SSSR count). The van der Waals surface area contributed by atoms with Crippen LogP contribution in [0, 0.1) is 12.7 Å². The van der Waals surface area contributed by atoms with Gasteiger partial charge < -0.3 is 19.4 Å². The Morgan fingerprint density at radius 3 is 2.32 bits per heavy atom. The highest BCUT2D eigenvalue weighted by molar-refractivity contribution is 5.76. The molecule has 37 heavy (non-hydrogen) atoms. The second-order valence-electron chi connectivity index (χ2n) is 9.30. The molecular formula is C26H25FN8O2. The van der Waals surface area contributed by atoms with Gasteiger partial charge in [-0.1, -0.05) is 17.3 Å². The van der Waals surface area contributed by atoms with Gasteiger partial charge in [0.25, 0.3) is 0 Å². The van der Waals surface area contributed by atoms with Gasteiger partial charge in [0.15, 0.2) is 11.6 Å². The molecule has 0 radical (unpaired) electrons. The number of aryl methyl sites for hydroxylation is 1. The maximum absolute atomic E-state index is 13.3. The fourth-order valence-corrected chi connectivity index (χ4v) is 4.59. The summed E-state index contributed by atoms with van der Waals surface area (Å²) in [7, 11) is 0. The largest absolute Gasteiger partial charge is 0.381 e. The lowest BCUT2D eigenvalue weighted by Gasteiger charge is -2.35. The first-order valence-electron chi connectivity index (χ1n) is 12.0. The lowest BCUT2D eigenvalue weighted by Crippen LogP contribution is -2.47. The third-order valence-corrected chi connectivity index (χ3v) is 6.77. The van der Waals surface area contributed by atoms with Crippen molar-refractivity contribution in [1.29, 1.82) is 0 Å². The number of aliphatic hydroxyl groups is 1. The second-order valence-corrected chi connectivity index (χ2v) is 9.30. The molecule has 10 nitrogen and oxygen atoms in total. The van der Waals surface area contributed by atoms with Crippen molar-refractivity contribution in [1.82, 2.24) is 29.7 Å². The van der Waals surface area contributed by atoms with Crippen LogP contribution in [0.25, 0.3) is 16.8 Å². The number of piperazine rings is 1. The van der Waals surface area contributed by atoms with E-state index in [0.717, 1.165) is 35.7 Å². The highest BCUT2D eigenvalue weighted by Gasteiger charge is 2.28. The maximum Gasteiger partial charge on any atom is 0.225 e. The van der Waals surface area contributed by atoms with Gasteiger partial charge in [-0.3, -0.25) is 0 Å². The molecule has 1 fully saturated rings. The molecule has 5 heterocycles. The lowest BCUT2D eigenvalue weighted by atomic mass is 9.90. The Hall–Kier alpha value is -4.38. The summed E-state index contributed by atoms with van der Waals surface area (Å²) in [6.07, 6.45) is 6.71. The first-order valence-corrected chi connectivity index (χ1v) is 12.0. The molecule has 0 spiro atoms. The van der Waals surface area contributed by atoms with Gasteiger partial charge in [0.05, 0.1) is 5.69 Å². The summed E-state index contributed by atoms with van der Waals surface area (Å²) in [4.78, 5) is 17.9. The predicted molar refractivity (Wildman–Crippen MR) is 135 cm³/mol. The van der Waals surface area contributed by atoms with Crippen LogP contribution in [-0.4, -0.2) is 61.0 Å². The monoisotopic (exact) mass is 500 g/mol. The van der Waals surface area contributed by atoms with Crippen LogP contribution in [-0.2, 0) is 5.60 Å². The van der Waals surface area contributed by atoms with E-state index in [-0.39, 0.29) is 5.82 Å². The molecule has 188 valence electrons. The van der Waals surface area contributed by atoms with Gasteiger partial charge in [0.1, 0.15) is 23.3 Å². The van der Waals surface area contributed by atoms with Gasteiger partial charge in [-0.25, -0.2) is 23.9 Å². The summed E-state index contributed by atoms with van der Waals surface area (Å²) in [5.41, 5.74) is 2.39. The van der Waals surface area contributed by atoms with Crippen LogP contribution in [0.2, 0.25) is 0 Å². The molecule has 0 unspecified atom stereocenters. The Bertz CT molecular complexity index is 1540. The van der Waals surface area contributed by atoms with Gasteiger partial charge in [-0.15, -0.1) is 0 Å². The van der Waals surface area contributed by atoms with E-state index in [0.29, 0.717) is 35.9 Å². The van der Waals surface area contributed by atoms with Crippen molar-refractivity contribution in [2.75, 3.05) is 36.0 Å². The van der Waals surface area contributed by atoms with E-state index in [2.05, 4.69) is 35.0 Å². The first kappa shape index (κ1) is 23.0. The molecule has 1 aliphatic rings. The van der Waals surface area contributed by atoms with Crippen molar-refractivity contribution in [2.45, 2.75) is 19.4 Å². The number of halogens is 1. The summed E-state index contributed by atoms with van der Waals surface area (Å²) >= 11 is 0. The van der Waals surface area contributed by atoms with Gasteiger partial charge >= 0.3 is 0 Å². The SMILES string of the molecule is Cc1cc(-c2cc3c(N4CCN(c5ncc([C@@](C)(O)c6ccc(F)cc6)cn5)CC4)ncnn3c2)on1. The number of benzene rings is 1. The molecule has 1 saturated heterocycles. The smallest absolute Gasteiger partial charge is 0.225 e. The molecule has 1 aromatic carbocycles. The van der Waals surface area contributed by atoms with Crippen molar-refractivity contribution in [3.8, 4) is 11.3 Å². The van der Waals surface area contributed by atoms with E-state index in [4.69, 9.17) is 4.52 Å². The maximum atomic E-state index is 13.3. The quantitative estimate of drug-likeness (QED) is 0.389. The number of hydrogen-bond acceptors (Lipinski definition) is 9. The van der Waals surface area contributed by atoms with Crippen molar-refractivity contribution >= 4 is 17.3 Å². The molecule has 1 N–H and O–H groups in total. The number of nitrogens with zero attached hydrogens (tertiary/aromatic N) is 8. The summed E-state index contributed by atoms with van der Waals surface area (Å²) in [6, 6.07) is 9.68. The lowest BCUT2D eigenvalue weighted by molar-refractivity contribution is 0.101. The number of hydrogen-bond donors (Lipinski definition) is 1. The molecule has 4 aromatic heterocycles. The molecule has 1 atom stereocenters. The predicted octanol–water partition coefficient (Wildman–Crippen LogP) is 3.20. The van der Waals surface area contributed by atoms with E-state index in [1.807, 2.05) is 25.3 Å². The number of fused-ring (bicyclic) bond motifs is 1. The summed E-state index contributed by atoms with van der Waals surface area (Å²) in [6.45, 7) is 6.41. The molecular weight excluding hydrogens is 475 g/mol. The average molecular weight is 501 g/mol. The van der Waals surface area contributed by atoms with Gasteiger partial charge in [0.2, 0.25) is 5.95 Å². The van der Waals surface area contributed by atoms with Crippen molar-refractivity contribution in [3.05, 3.63) is 84.0 Å². The minimum absolute atomic E-state index is 0.352. The van der Waals surface area contributed by atoms with Crippen LogP contribution < -0.4 is 9.80 Å². The number of anilines is 2. The highest BCUT2D eigenvalue weighted by Crippen LogP contribution is 2.30. The Morgan fingerprint density at radius 1 is 0.946 bits per heavy atom. The minimum atomic E-state index is -1.33. The molecule has 5 aromatic rings. The van der Waals surface area contributed by atoms with Crippen LogP contribution in [0.15, 0.2) is 65.8 Å². The third-order valence-electron chi connectivity index (χ3n) is 6.77. The topological polar surface area (TPSA) is 109 Å². The average Bonchev–Trinajstić information content (AvgIpc) is 3.55. The molecule has 11 heteroatoms. The summed E-state index contributed by atoms with van der Waals surface area (Å²) < 4.78 is 20.5. The van der Waals surface area contributed by atoms with E-state index < -0.39 is 5.60 Å². The van der Waals surface area contributed by atoms with Crippen molar-refractivity contribution < 1.29 is 14.0 Å². The standard InChI is InChI=1S/C26H25FN8O2/c1-17-11-23(37-32-17)18-12-22-24(30-16-31-35(22)15-18)33-7-9-34(10-8-33)25-28-13-20(14-29-25)26(2,36)19-3-5-21(27)6-4-19/h3-6,11-16,36H,7-10H2,1-2H3/t26-/m0/s1. The summed E-state index contributed by atoms with van der Waals surface area (Å²) in [5, 5.41) is 19.4. The van der Waals surface area contributed by atoms with Gasteiger partial charge in [-0.05, 0) is 37.6 Å². The van der Waals surface area contributed by atoms with Crippen LogP contribution in [0.3, 0.4) is 0 Å². The van der Waals surface area contributed by atoms with Crippen LogP contribution in [0.1, 0.15) is 23.7 Å². The van der Waals surface area contributed by atoms with E-state index in [9.17, 15) is 9.50 Å². The molecule has 1 aliphatic heterocycles. The van der Waals surface area contributed by atoms with Crippen LogP contribution in [0.4, 0.5) is 16.2 Å². The van der Waals surface area contributed by atoms with E-state index in [1.165, 1.54) is 12.1 Å². The molecule has 0 saturated carbocycles. The Morgan fingerprint density at radius 2 is 1.65 bits per heavy atom. The van der Waals surface area contributed by atoms with Gasteiger partial charge in [0, 0.05) is 62.0 Å². The fraction of sp³-hybridized carbons (Fsp3) is 0.269. The fourth-order valence-electron chi connectivity index (χ4n) is 4.59.